The van der Waals surface area contributed by atoms with Crippen molar-refractivity contribution in [3.8, 4) is 16.8 Å². The first-order valence-electron chi connectivity index (χ1n) is 9.11. The van der Waals surface area contributed by atoms with E-state index in [9.17, 15) is 13.6 Å². The molecule has 0 aliphatic heterocycles. The molecule has 28 heavy (non-hydrogen) atoms. The third-order valence-corrected chi connectivity index (χ3v) is 4.43. The quantitative estimate of drug-likeness (QED) is 0.675. The molecule has 0 saturated carbocycles. The Kier molecular flexibility index (Phi) is 5.58. The van der Waals surface area contributed by atoms with Crippen LogP contribution in [0.1, 0.15) is 37.7 Å². The molecule has 0 radical (unpaired) electrons. The van der Waals surface area contributed by atoms with Crippen LogP contribution in [0, 0.1) is 17.0 Å². The molecule has 146 valence electrons. The Morgan fingerprint density at radius 3 is 2.36 bits per heavy atom. The van der Waals surface area contributed by atoms with E-state index in [2.05, 4.69) is 31.1 Å². The summed E-state index contributed by atoms with van der Waals surface area (Å²) in [5, 5.41) is 2.92. The van der Waals surface area contributed by atoms with E-state index in [1.165, 1.54) is 12.3 Å². The summed E-state index contributed by atoms with van der Waals surface area (Å²) in [6.45, 7) is 6.95. The number of halogens is 2. The summed E-state index contributed by atoms with van der Waals surface area (Å²) in [7, 11) is 0. The van der Waals surface area contributed by atoms with Crippen molar-refractivity contribution in [2.45, 2.75) is 27.2 Å². The van der Waals surface area contributed by atoms with Crippen LogP contribution in [0.2, 0.25) is 0 Å². The number of hydrogen-bond acceptors (Lipinski definition) is 2. The lowest BCUT2D eigenvalue weighted by Crippen LogP contribution is -2.28. The van der Waals surface area contributed by atoms with Crippen molar-refractivity contribution in [3.05, 3.63) is 72.3 Å². The highest BCUT2D eigenvalue weighted by atomic mass is 19.2. The fourth-order valence-electron chi connectivity index (χ4n) is 2.80. The molecule has 6 heteroatoms. The average Bonchev–Trinajstić information content (AvgIpc) is 3.13. The average molecular weight is 383 g/mol. The van der Waals surface area contributed by atoms with Gasteiger partial charge in [-0.3, -0.25) is 9.36 Å². The van der Waals surface area contributed by atoms with E-state index in [0.717, 1.165) is 29.8 Å². The zero-order valence-corrected chi connectivity index (χ0v) is 16.2. The van der Waals surface area contributed by atoms with Crippen molar-refractivity contribution >= 4 is 5.91 Å². The summed E-state index contributed by atoms with van der Waals surface area (Å²) in [6.07, 6.45) is 3.97. The summed E-state index contributed by atoms with van der Waals surface area (Å²) >= 11 is 0. The third-order valence-electron chi connectivity index (χ3n) is 4.43. The molecule has 1 aromatic heterocycles. The van der Waals surface area contributed by atoms with Gasteiger partial charge in [0.15, 0.2) is 11.6 Å². The van der Waals surface area contributed by atoms with Crippen LogP contribution in [0.5, 0.6) is 0 Å². The Balaban J connectivity index is 1.77. The van der Waals surface area contributed by atoms with Crippen molar-refractivity contribution < 1.29 is 13.6 Å². The van der Waals surface area contributed by atoms with Crippen molar-refractivity contribution in [2.24, 2.45) is 5.41 Å². The predicted octanol–water partition coefficient (Wildman–Crippen LogP) is 4.98. The zero-order valence-electron chi connectivity index (χ0n) is 16.2. The molecular formula is C22H23F2N3O. The van der Waals surface area contributed by atoms with Crippen molar-refractivity contribution in [1.82, 2.24) is 14.9 Å². The lowest BCUT2D eigenvalue weighted by atomic mass is 9.92. The summed E-state index contributed by atoms with van der Waals surface area (Å²) in [6, 6.07) is 11.0. The molecule has 2 aromatic carbocycles. The van der Waals surface area contributed by atoms with Crippen molar-refractivity contribution in [2.75, 3.05) is 6.54 Å². The van der Waals surface area contributed by atoms with Gasteiger partial charge < -0.3 is 5.32 Å². The highest BCUT2D eigenvalue weighted by molar-refractivity contribution is 5.93. The molecule has 4 nitrogen and oxygen atoms in total. The molecule has 0 aliphatic rings. The molecule has 0 bridgehead atoms. The van der Waals surface area contributed by atoms with Gasteiger partial charge in [0.05, 0.1) is 12.5 Å². The van der Waals surface area contributed by atoms with E-state index >= 15 is 0 Å². The van der Waals surface area contributed by atoms with Gasteiger partial charge in [0, 0.05) is 12.2 Å². The molecule has 3 rings (SSSR count). The Bertz CT molecular complexity index is 972. The van der Waals surface area contributed by atoms with Crippen LogP contribution in [-0.2, 0) is 0 Å². The molecule has 0 saturated heterocycles. The van der Waals surface area contributed by atoms with Crippen LogP contribution in [0.3, 0.4) is 0 Å². The number of carbonyl (C=O) groups excluding carboxylic acids is 1. The first-order valence-corrected chi connectivity index (χ1v) is 9.11. The normalized spacial score (nSPS) is 11.5. The molecule has 0 fully saturated rings. The predicted molar refractivity (Wildman–Crippen MR) is 105 cm³/mol. The van der Waals surface area contributed by atoms with Gasteiger partial charge in [0.1, 0.15) is 5.69 Å². The minimum atomic E-state index is -0.884. The first-order chi connectivity index (χ1) is 13.2. The van der Waals surface area contributed by atoms with Gasteiger partial charge in [-0.15, -0.1) is 0 Å². The highest BCUT2D eigenvalue weighted by Crippen LogP contribution is 2.23. The van der Waals surface area contributed by atoms with Crippen LogP contribution in [0.15, 0.2) is 55.0 Å². The van der Waals surface area contributed by atoms with Gasteiger partial charge in [-0.2, -0.15) is 0 Å². The third kappa shape index (κ3) is 4.63. The van der Waals surface area contributed by atoms with E-state index < -0.39 is 11.6 Å². The highest BCUT2D eigenvalue weighted by Gasteiger charge is 2.15. The summed E-state index contributed by atoms with van der Waals surface area (Å²) < 4.78 is 28.3. The number of imidazole rings is 1. The number of rotatable bonds is 5. The number of nitrogens with zero attached hydrogens (tertiary/aromatic N) is 2. The second-order valence-corrected chi connectivity index (χ2v) is 7.89. The van der Waals surface area contributed by atoms with Gasteiger partial charge in [0.2, 0.25) is 0 Å². The SMILES string of the molecule is CC(C)(C)CCNC(=O)c1cncn1-c1ccc(-c2ccc(F)c(F)c2)cc1. The number of nitrogens with one attached hydrogen (secondary N) is 1. The van der Waals surface area contributed by atoms with Gasteiger partial charge in [0.25, 0.3) is 5.91 Å². The monoisotopic (exact) mass is 383 g/mol. The van der Waals surface area contributed by atoms with E-state index in [4.69, 9.17) is 0 Å². The van der Waals surface area contributed by atoms with Crippen LogP contribution in [-0.4, -0.2) is 22.0 Å². The van der Waals surface area contributed by atoms with Crippen LogP contribution >= 0.6 is 0 Å². The van der Waals surface area contributed by atoms with E-state index in [1.807, 2.05) is 12.1 Å². The second-order valence-electron chi connectivity index (χ2n) is 7.89. The van der Waals surface area contributed by atoms with Crippen molar-refractivity contribution in [1.29, 1.82) is 0 Å². The van der Waals surface area contributed by atoms with Gasteiger partial charge in [-0.1, -0.05) is 39.0 Å². The van der Waals surface area contributed by atoms with E-state index in [-0.39, 0.29) is 11.3 Å². The summed E-state index contributed by atoms with van der Waals surface area (Å²) in [5.41, 5.74) is 2.66. The molecule has 0 unspecified atom stereocenters. The Morgan fingerprint density at radius 1 is 1.04 bits per heavy atom. The van der Waals surface area contributed by atoms with Gasteiger partial charge in [-0.25, -0.2) is 13.8 Å². The molecule has 1 heterocycles. The maximum atomic E-state index is 13.5. The molecule has 0 atom stereocenters. The fraction of sp³-hybridized carbons (Fsp3) is 0.273. The Labute approximate surface area is 163 Å². The minimum absolute atomic E-state index is 0.142. The Hall–Kier alpha value is -3.02. The number of benzene rings is 2. The molecule has 3 aromatic rings. The lowest BCUT2D eigenvalue weighted by molar-refractivity contribution is 0.0942. The maximum Gasteiger partial charge on any atom is 0.269 e. The topological polar surface area (TPSA) is 46.9 Å². The molecule has 0 aliphatic carbocycles. The van der Waals surface area contributed by atoms with E-state index in [1.54, 1.807) is 23.0 Å². The van der Waals surface area contributed by atoms with Gasteiger partial charge >= 0.3 is 0 Å². The fourth-order valence-corrected chi connectivity index (χ4v) is 2.80. The van der Waals surface area contributed by atoms with Crippen LogP contribution < -0.4 is 5.32 Å². The number of hydrogen-bond donors (Lipinski definition) is 1. The second kappa shape index (κ2) is 7.92. The standard InChI is InChI=1S/C22H23F2N3O/c1-22(2,3)10-11-26-21(28)20-13-25-14-27(20)17-7-4-15(5-8-17)16-6-9-18(23)19(24)12-16/h4-9,12-14H,10-11H2,1-3H3,(H,26,28). The van der Waals surface area contributed by atoms with Crippen LogP contribution in [0.4, 0.5) is 8.78 Å². The molecule has 0 spiro atoms. The number of carbonyl (C=O) groups is 1. The molecule has 1 amide bonds. The number of aromatic nitrogens is 2. The molecular weight excluding hydrogens is 360 g/mol. The first kappa shape index (κ1) is 19.7. The zero-order chi connectivity index (χ0) is 20.3. The van der Waals surface area contributed by atoms with Gasteiger partial charge in [-0.05, 0) is 47.2 Å². The largest absolute Gasteiger partial charge is 0.351 e. The van der Waals surface area contributed by atoms with Crippen LogP contribution in [0.25, 0.3) is 16.8 Å². The molecule has 1 N–H and O–H groups in total. The smallest absolute Gasteiger partial charge is 0.269 e. The summed E-state index contributed by atoms with van der Waals surface area (Å²) in [4.78, 5) is 16.6. The van der Waals surface area contributed by atoms with Crippen molar-refractivity contribution in [3.63, 3.8) is 0 Å². The minimum Gasteiger partial charge on any atom is -0.351 e. The summed E-state index contributed by atoms with van der Waals surface area (Å²) in [5.74, 6) is -1.95. The maximum absolute atomic E-state index is 13.5. The lowest BCUT2D eigenvalue weighted by Gasteiger charge is -2.18. The number of amides is 1. The van der Waals surface area contributed by atoms with E-state index in [0.29, 0.717) is 17.8 Å². The Morgan fingerprint density at radius 2 is 1.71 bits per heavy atom.